The van der Waals surface area contributed by atoms with Gasteiger partial charge in [-0.25, -0.2) is 13.5 Å². The van der Waals surface area contributed by atoms with Gasteiger partial charge in [0.05, 0.1) is 17.4 Å². The lowest BCUT2D eigenvalue weighted by Crippen LogP contribution is -2.38. The van der Waals surface area contributed by atoms with Gasteiger partial charge >= 0.3 is 0 Å². The van der Waals surface area contributed by atoms with E-state index in [0.717, 1.165) is 48.2 Å². The number of nitrogens with two attached hydrogens (primary N) is 1. The van der Waals surface area contributed by atoms with Gasteiger partial charge < -0.3 is 15.4 Å². The van der Waals surface area contributed by atoms with Crippen molar-refractivity contribution in [3.05, 3.63) is 106 Å². The van der Waals surface area contributed by atoms with Gasteiger partial charge in [-0.1, -0.05) is 18.2 Å². The summed E-state index contributed by atoms with van der Waals surface area (Å²) in [5.74, 6) is 0.122. The molecule has 1 aliphatic carbocycles. The summed E-state index contributed by atoms with van der Waals surface area (Å²) in [5, 5.41) is 4.40. The summed E-state index contributed by atoms with van der Waals surface area (Å²) in [4.78, 5) is 16.0. The minimum Gasteiger partial charge on any atom is -0.454 e. The highest BCUT2D eigenvalue weighted by Gasteiger charge is 2.28. The molecule has 1 aliphatic heterocycles. The maximum Gasteiger partial charge on any atom is 0.194 e. The van der Waals surface area contributed by atoms with Crippen LogP contribution in [0.15, 0.2) is 66.4 Å². The lowest BCUT2D eigenvalue weighted by molar-refractivity contribution is 0.103. The first-order chi connectivity index (χ1) is 20.2. The number of carbonyl (C=O) groups is 1. The van der Waals surface area contributed by atoms with E-state index in [0.29, 0.717) is 35.0 Å². The van der Waals surface area contributed by atoms with Crippen molar-refractivity contribution >= 4 is 17.7 Å². The first kappa shape index (κ1) is 27.8. The number of carbonyl (C=O) groups excluding carboxylic acids is 1. The fraction of sp³-hybridized carbons (Fsp3) is 0.294. The molecule has 0 amide bonds. The average Bonchev–Trinajstić information content (AvgIpc) is 3.56. The molecule has 3 aromatic carbocycles. The number of para-hydroxylation sites is 1. The van der Waals surface area contributed by atoms with E-state index in [1.165, 1.54) is 16.9 Å². The molecule has 0 spiro atoms. The quantitative estimate of drug-likeness (QED) is 0.238. The zero-order valence-electron chi connectivity index (χ0n) is 24.0. The Balaban J connectivity index is 1.18. The molecule has 2 N–H and O–H groups in total. The Morgan fingerprint density at radius 1 is 1.05 bits per heavy atom. The molecule has 0 atom stereocenters. The Bertz CT molecular complexity index is 1700. The Labute approximate surface area is 244 Å². The number of allylic oxidation sites excluding steroid dienone is 1. The number of likely N-dealkylation sites (tertiary alicyclic amines) is 1. The second-order valence-electron chi connectivity index (χ2n) is 11.5. The van der Waals surface area contributed by atoms with Gasteiger partial charge in [0.25, 0.3) is 0 Å². The third kappa shape index (κ3) is 5.23. The van der Waals surface area contributed by atoms with Crippen LogP contribution >= 0.6 is 0 Å². The summed E-state index contributed by atoms with van der Waals surface area (Å²) in [7, 11) is 0. The first-order valence-corrected chi connectivity index (χ1v) is 14.4. The second-order valence-corrected chi connectivity index (χ2v) is 11.5. The lowest BCUT2D eigenvalue weighted by Gasteiger charge is -2.35. The predicted molar refractivity (Wildman–Crippen MR) is 160 cm³/mol. The topological polar surface area (TPSA) is 73.4 Å². The maximum atomic E-state index is 15.2. The summed E-state index contributed by atoms with van der Waals surface area (Å²) in [5.41, 5.74) is 11.2. The molecular formula is C34H34F2N4O2. The lowest BCUT2D eigenvalue weighted by atomic mass is 9.87. The fourth-order valence-electron chi connectivity index (χ4n) is 6.05. The van der Waals surface area contributed by atoms with Crippen molar-refractivity contribution in [1.82, 2.24) is 14.7 Å². The SMILES string of the molecule is Cc1cc(Oc2ccccc2F)ccc1-n1ncc(C(=O)C2=Cc3cc(F)c(C4CCN(C(C)C)CC4)cc3C2)c1N. The third-order valence-electron chi connectivity index (χ3n) is 8.47. The van der Waals surface area contributed by atoms with Crippen molar-refractivity contribution in [3.63, 3.8) is 0 Å². The van der Waals surface area contributed by atoms with Gasteiger partial charge in [0.15, 0.2) is 17.3 Å². The summed E-state index contributed by atoms with van der Waals surface area (Å²) in [6.45, 7) is 8.18. The molecule has 6 nitrogen and oxygen atoms in total. The molecule has 0 radical (unpaired) electrons. The number of nitrogen functional groups attached to an aromatic ring is 1. The minimum atomic E-state index is -0.451. The molecule has 1 fully saturated rings. The van der Waals surface area contributed by atoms with Crippen LogP contribution in [0.25, 0.3) is 11.8 Å². The standard InChI is InChI=1S/C34H34F2N4O2/c1-20(2)39-12-10-22(11-13-39)27-17-23-15-25(16-24(23)18-30(27)36)33(41)28-19-38-40(34(28)37)31-9-8-26(14-21(31)3)42-32-7-5-4-6-29(32)35/h4-9,14,16-20,22H,10-13,15,37H2,1-3H3. The number of fused-ring (bicyclic) bond motifs is 1. The number of hydrogen-bond donors (Lipinski definition) is 1. The van der Waals surface area contributed by atoms with Crippen molar-refractivity contribution in [2.45, 2.75) is 52.0 Å². The first-order valence-electron chi connectivity index (χ1n) is 14.4. The van der Waals surface area contributed by atoms with E-state index in [-0.39, 0.29) is 29.1 Å². The molecular weight excluding hydrogens is 534 g/mol. The molecule has 1 saturated heterocycles. The van der Waals surface area contributed by atoms with Crippen LogP contribution in [0.5, 0.6) is 11.5 Å². The molecule has 6 rings (SSSR count). The number of ether oxygens (including phenoxy) is 1. The molecule has 42 heavy (non-hydrogen) atoms. The highest BCUT2D eigenvalue weighted by molar-refractivity contribution is 6.15. The molecule has 8 heteroatoms. The summed E-state index contributed by atoms with van der Waals surface area (Å²) >= 11 is 0. The summed E-state index contributed by atoms with van der Waals surface area (Å²) < 4.78 is 36.4. The van der Waals surface area contributed by atoms with Crippen LogP contribution in [-0.2, 0) is 6.42 Å². The van der Waals surface area contributed by atoms with Gasteiger partial charge in [-0.05, 0) is 117 Å². The number of halogens is 2. The second kappa shape index (κ2) is 11.2. The van der Waals surface area contributed by atoms with Crippen LogP contribution in [0, 0.1) is 18.6 Å². The number of aromatic nitrogens is 2. The number of benzene rings is 3. The molecule has 0 unspecified atom stereocenters. The zero-order valence-corrected chi connectivity index (χ0v) is 24.0. The highest BCUT2D eigenvalue weighted by atomic mass is 19.1. The highest BCUT2D eigenvalue weighted by Crippen LogP contribution is 2.37. The number of rotatable bonds is 7. The normalized spacial score (nSPS) is 15.6. The molecule has 1 aromatic heterocycles. The van der Waals surface area contributed by atoms with E-state index in [4.69, 9.17) is 10.5 Å². The van der Waals surface area contributed by atoms with E-state index in [2.05, 4.69) is 23.8 Å². The van der Waals surface area contributed by atoms with Crippen LogP contribution in [0.4, 0.5) is 14.6 Å². The molecule has 0 bridgehead atoms. The number of Topliss-reactive ketones (excluding diaryl/α,β-unsaturated/α-hetero) is 1. The van der Waals surface area contributed by atoms with Gasteiger partial charge in [0, 0.05) is 18.0 Å². The van der Waals surface area contributed by atoms with Crippen LogP contribution in [-0.4, -0.2) is 39.6 Å². The van der Waals surface area contributed by atoms with Gasteiger partial charge in [-0.15, -0.1) is 0 Å². The zero-order chi connectivity index (χ0) is 29.5. The molecule has 0 saturated carbocycles. The third-order valence-corrected chi connectivity index (χ3v) is 8.47. The summed E-state index contributed by atoms with van der Waals surface area (Å²) in [6.07, 6.45) is 5.52. The molecule has 2 aliphatic rings. The largest absolute Gasteiger partial charge is 0.454 e. The van der Waals surface area contributed by atoms with Crippen LogP contribution in [0.2, 0.25) is 0 Å². The summed E-state index contributed by atoms with van der Waals surface area (Å²) in [6, 6.07) is 15.5. The van der Waals surface area contributed by atoms with Crippen molar-refractivity contribution in [3.8, 4) is 17.2 Å². The average molecular weight is 569 g/mol. The maximum absolute atomic E-state index is 15.2. The van der Waals surface area contributed by atoms with Crippen LogP contribution in [0.1, 0.15) is 65.2 Å². The van der Waals surface area contributed by atoms with Crippen molar-refractivity contribution < 1.29 is 18.3 Å². The Kier molecular flexibility index (Phi) is 7.41. The Hall–Kier alpha value is -4.30. The van der Waals surface area contributed by atoms with Gasteiger partial charge in [-0.3, -0.25) is 4.79 Å². The molecule has 216 valence electrons. The van der Waals surface area contributed by atoms with Gasteiger partial charge in [-0.2, -0.15) is 5.10 Å². The van der Waals surface area contributed by atoms with Gasteiger partial charge in [0.2, 0.25) is 0 Å². The van der Waals surface area contributed by atoms with E-state index in [1.54, 1.807) is 48.5 Å². The molecule has 4 aromatic rings. The number of hydrogen-bond acceptors (Lipinski definition) is 5. The number of anilines is 1. The van der Waals surface area contributed by atoms with E-state index >= 15 is 4.39 Å². The monoisotopic (exact) mass is 568 g/mol. The number of ketones is 1. The Morgan fingerprint density at radius 2 is 1.81 bits per heavy atom. The number of aryl methyl sites for hydroxylation is 1. The molecule has 2 heterocycles. The van der Waals surface area contributed by atoms with E-state index < -0.39 is 5.82 Å². The van der Waals surface area contributed by atoms with Crippen LogP contribution < -0.4 is 10.5 Å². The minimum absolute atomic E-state index is 0.130. The van der Waals surface area contributed by atoms with Crippen molar-refractivity contribution in [2.24, 2.45) is 0 Å². The van der Waals surface area contributed by atoms with Crippen LogP contribution in [0.3, 0.4) is 0 Å². The fourth-order valence-corrected chi connectivity index (χ4v) is 6.05. The predicted octanol–water partition coefficient (Wildman–Crippen LogP) is 7.24. The van der Waals surface area contributed by atoms with E-state index in [1.807, 2.05) is 13.0 Å². The number of piperidine rings is 1. The van der Waals surface area contributed by atoms with Gasteiger partial charge in [0.1, 0.15) is 17.4 Å². The van der Waals surface area contributed by atoms with Crippen molar-refractivity contribution in [1.29, 1.82) is 0 Å². The Morgan fingerprint density at radius 3 is 2.52 bits per heavy atom. The smallest absolute Gasteiger partial charge is 0.194 e. The van der Waals surface area contributed by atoms with E-state index in [9.17, 15) is 9.18 Å². The van der Waals surface area contributed by atoms with Crippen molar-refractivity contribution in [2.75, 3.05) is 18.8 Å². The number of nitrogens with zero attached hydrogens (tertiary/aromatic N) is 3.